The molecule has 0 aliphatic carbocycles. The van der Waals surface area contributed by atoms with Gasteiger partial charge in [0.15, 0.2) is 5.78 Å². The number of ether oxygens (including phenoxy) is 1. The minimum absolute atomic E-state index is 0.114. The van der Waals surface area contributed by atoms with Crippen molar-refractivity contribution in [2.45, 2.75) is 6.61 Å². The molecule has 0 spiro atoms. The molecule has 0 unspecified atom stereocenters. The Bertz CT molecular complexity index is 880. The SMILES string of the molecule is O=C(/C=C/c1ccc(COc2ccccc2Cl)o1)c1ccc(Cl)s1. The average Bonchev–Trinajstić information content (AvgIpc) is 3.21. The first-order chi connectivity index (χ1) is 11.6. The van der Waals surface area contributed by atoms with Crippen LogP contribution < -0.4 is 4.74 Å². The van der Waals surface area contributed by atoms with E-state index in [-0.39, 0.29) is 12.4 Å². The van der Waals surface area contributed by atoms with E-state index in [1.165, 1.54) is 17.4 Å². The molecule has 24 heavy (non-hydrogen) atoms. The molecule has 0 radical (unpaired) electrons. The van der Waals surface area contributed by atoms with Crippen LogP contribution in [0.15, 0.2) is 59.0 Å². The summed E-state index contributed by atoms with van der Waals surface area (Å²) in [5.74, 6) is 1.69. The largest absolute Gasteiger partial charge is 0.484 e. The van der Waals surface area contributed by atoms with Crippen LogP contribution in [0.3, 0.4) is 0 Å². The summed E-state index contributed by atoms with van der Waals surface area (Å²) in [6.45, 7) is 0.256. The van der Waals surface area contributed by atoms with Crippen LogP contribution in [0.25, 0.3) is 6.08 Å². The summed E-state index contributed by atoms with van der Waals surface area (Å²) in [4.78, 5) is 12.6. The van der Waals surface area contributed by atoms with Crippen LogP contribution in [-0.4, -0.2) is 5.78 Å². The maximum absolute atomic E-state index is 12.0. The number of rotatable bonds is 6. The van der Waals surface area contributed by atoms with E-state index in [0.29, 0.717) is 31.5 Å². The van der Waals surface area contributed by atoms with Gasteiger partial charge < -0.3 is 9.15 Å². The number of halogens is 2. The quantitative estimate of drug-likeness (QED) is 0.382. The summed E-state index contributed by atoms with van der Waals surface area (Å²) in [7, 11) is 0. The summed E-state index contributed by atoms with van der Waals surface area (Å²) in [6.07, 6.45) is 3.08. The zero-order valence-electron chi connectivity index (χ0n) is 12.4. The van der Waals surface area contributed by atoms with Gasteiger partial charge in [0.05, 0.1) is 14.2 Å². The second kappa shape index (κ2) is 7.71. The Labute approximate surface area is 153 Å². The maximum Gasteiger partial charge on any atom is 0.195 e. The predicted octanol–water partition coefficient (Wildman–Crippen LogP) is 6.12. The minimum Gasteiger partial charge on any atom is -0.484 e. The van der Waals surface area contributed by atoms with Crippen molar-refractivity contribution in [1.29, 1.82) is 0 Å². The summed E-state index contributed by atoms with van der Waals surface area (Å²) < 4.78 is 11.8. The first-order valence-corrected chi connectivity index (χ1v) is 8.63. The molecule has 6 heteroatoms. The van der Waals surface area contributed by atoms with Gasteiger partial charge >= 0.3 is 0 Å². The number of carbonyl (C=O) groups is 1. The molecule has 0 saturated heterocycles. The second-order valence-electron chi connectivity index (χ2n) is 4.82. The van der Waals surface area contributed by atoms with Crippen LogP contribution in [0.4, 0.5) is 0 Å². The van der Waals surface area contributed by atoms with Crippen molar-refractivity contribution in [2.24, 2.45) is 0 Å². The lowest BCUT2D eigenvalue weighted by Gasteiger charge is -2.05. The zero-order valence-corrected chi connectivity index (χ0v) is 14.7. The van der Waals surface area contributed by atoms with E-state index in [1.54, 1.807) is 42.5 Å². The predicted molar refractivity (Wildman–Crippen MR) is 97.2 cm³/mol. The number of ketones is 1. The molecule has 0 saturated carbocycles. The summed E-state index contributed by atoms with van der Waals surface area (Å²) in [6, 6.07) is 14.2. The van der Waals surface area contributed by atoms with Gasteiger partial charge in [0.1, 0.15) is 23.9 Å². The highest BCUT2D eigenvalue weighted by Crippen LogP contribution is 2.25. The molecular formula is C18H12Cl2O3S. The second-order valence-corrected chi connectivity index (χ2v) is 6.95. The van der Waals surface area contributed by atoms with Crippen molar-refractivity contribution >= 4 is 46.4 Å². The summed E-state index contributed by atoms with van der Waals surface area (Å²) in [5, 5.41) is 0.546. The highest BCUT2D eigenvalue weighted by molar-refractivity contribution is 7.18. The van der Waals surface area contributed by atoms with Gasteiger partial charge in [-0.25, -0.2) is 0 Å². The Morgan fingerprint density at radius 1 is 1.12 bits per heavy atom. The first-order valence-electron chi connectivity index (χ1n) is 7.05. The minimum atomic E-state index is -0.114. The average molecular weight is 379 g/mol. The lowest BCUT2D eigenvalue weighted by molar-refractivity contribution is 0.105. The van der Waals surface area contributed by atoms with Gasteiger partial charge in [-0.2, -0.15) is 0 Å². The third-order valence-electron chi connectivity index (χ3n) is 3.10. The molecule has 0 aliphatic heterocycles. The topological polar surface area (TPSA) is 39.4 Å². The van der Waals surface area contributed by atoms with Crippen LogP contribution in [0.1, 0.15) is 21.2 Å². The van der Waals surface area contributed by atoms with E-state index in [4.69, 9.17) is 32.4 Å². The first kappa shape index (κ1) is 16.8. The number of hydrogen-bond donors (Lipinski definition) is 0. The van der Waals surface area contributed by atoms with Gasteiger partial charge in [-0.3, -0.25) is 4.79 Å². The van der Waals surface area contributed by atoms with Gasteiger partial charge in [0, 0.05) is 0 Å². The molecule has 0 atom stereocenters. The lowest BCUT2D eigenvalue weighted by atomic mass is 10.3. The lowest BCUT2D eigenvalue weighted by Crippen LogP contribution is -1.93. The molecule has 3 nitrogen and oxygen atoms in total. The van der Waals surface area contributed by atoms with Crippen molar-refractivity contribution in [3.05, 3.63) is 80.4 Å². The monoisotopic (exact) mass is 378 g/mol. The number of benzene rings is 1. The van der Waals surface area contributed by atoms with E-state index < -0.39 is 0 Å². The number of thiophene rings is 1. The van der Waals surface area contributed by atoms with Crippen molar-refractivity contribution in [1.82, 2.24) is 0 Å². The van der Waals surface area contributed by atoms with Gasteiger partial charge in [0.2, 0.25) is 0 Å². The van der Waals surface area contributed by atoms with Gasteiger partial charge in [-0.1, -0.05) is 35.3 Å². The fourth-order valence-electron chi connectivity index (χ4n) is 1.96. The van der Waals surface area contributed by atoms with Gasteiger partial charge in [0.25, 0.3) is 0 Å². The van der Waals surface area contributed by atoms with Crippen LogP contribution in [0.5, 0.6) is 5.75 Å². The van der Waals surface area contributed by atoms with E-state index in [2.05, 4.69) is 0 Å². The van der Waals surface area contributed by atoms with Crippen molar-refractivity contribution < 1.29 is 13.9 Å². The molecule has 3 rings (SSSR count). The third-order valence-corrected chi connectivity index (χ3v) is 4.66. The zero-order chi connectivity index (χ0) is 16.9. The molecule has 0 fully saturated rings. The molecule has 3 aromatic rings. The summed E-state index contributed by atoms with van der Waals surface area (Å²) >= 11 is 13.1. The Morgan fingerprint density at radius 2 is 1.96 bits per heavy atom. The van der Waals surface area contributed by atoms with E-state index in [0.717, 1.165) is 0 Å². The van der Waals surface area contributed by atoms with Gasteiger partial charge in [-0.05, 0) is 48.6 Å². The molecule has 0 amide bonds. The molecule has 1 aromatic carbocycles. The molecule has 2 aromatic heterocycles. The Balaban J connectivity index is 1.60. The molecule has 0 N–H and O–H groups in total. The maximum atomic E-state index is 12.0. The molecule has 0 bridgehead atoms. The number of carbonyl (C=O) groups excluding carboxylic acids is 1. The standard InChI is InChI=1S/C18H12Cl2O3S/c19-14-3-1-2-4-16(14)22-11-13-6-5-12(23-13)7-8-15(21)17-9-10-18(20)24-17/h1-10H,11H2/b8-7+. The summed E-state index contributed by atoms with van der Waals surface area (Å²) in [5.41, 5.74) is 0. The highest BCUT2D eigenvalue weighted by atomic mass is 35.5. The normalized spacial score (nSPS) is 11.1. The van der Waals surface area contributed by atoms with Crippen molar-refractivity contribution in [2.75, 3.05) is 0 Å². The van der Waals surface area contributed by atoms with Crippen molar-refractivity contribution in [3.8, 4) is 5.75 Å². The smallest absolute Gasteiger partial charge is 0.195 e. The number of furan rings is 1. The van der Waals surface area contributed by atoms with Crippen LogP contribution in [0.2, 0.25) is 9.36 Å². The molecule has 0 aliphatic rings. The Kier molecular flexibility index (Phi) is 5.41. The van der Waals surface area contributed by atoms with E-state index in [9.17, 15) is 4.79 Å². The number of hydrogen-bond acceptors (Lipinski definition) is 4. The number of allylic oxidation sites excluding steroid dienone is 1. The van der Waals surface area contributed by atoms with Crippen LogP contribution in [0, 0.1) is 0 Å². The molecular weight excluding hydrogens is 367 g/mol. The molecule has 2 heterocycles. The fraction of sp³-hybridized carbons (Fsp3) is 0.0556. The van der Waals surface area contributed by atoms with Crippen LogP contribution in [-0.2, 0) is 6.61 Å². The van der Waals surface area contributed by atoms with Gasteiger partial charge in [-0.15, -0.1) is 11.3 Å². The third kappa shape index (κ3) is 4.29. The van der Waals surface area contributed by atoms with E-state index >= 15 is 0 Å². The van der Waals surface area contributed by atoms with E-state index in [1.807, 2.05) is 12.1 Å². The van der Waals surface area contributed by atoms with Crippen molar-refractivity contribution in [3.63, 3.8) is 0 Å². The Hall–Kier alpha value is -2.01. The highest BCUT2D eigenvalue weighted by Gasteiger charge is 2.07. The number of para-hydroxylation sites is 1. The fourth-order valence-corrected chi connectivity index (χ4v) is 3.11. The Morgan fingerprint density at radius 3 is 2.71 bits per heavy atom. The van der Waals surface area contributed by atoms with Crippen LogP contribution >= 0.6 is 34.5 Å². The molecule has 122 valence electrons.